The summed E-state index contributed by atoms with van der Waals surface area (Å²) in [6.07, 6.45) is 4.93. The van der Waals surface area contributed by atoms with Gasteiger partial charge in [0.1, 0.15) is 5.69 Å². The molecule has 2 aromatic heterocycles. The maximum atomic E-state index is 13.6. The minimum absolute atomic E-state index is 0.0837. The van der Waals surface area contributed by atoms with Crippen molar-refractivity contribution >= 4 is 28.4 Å². The molecule has 0 radical (unpaired) electrons. The van der Waals surface area contributed by atoms with Crippen molar-refractivity contribution in [1.82, 2.24) is 19.9 Å². The number of hydrogen-bond acceptors (Lipinski definition) is 4. The number of aromatic amines is 1. The fourth-order valence-corrected chi connectivity index (χ4v) is 4.48. The normalized spacial score (nSPS) is 18.6. The number of nitrogens with zero attached hydrogens (tertiary/aromatic N) is 3. The molecule has 1 amide bonds. The van der Waals surface area contributed by atoms with E-state index in [9.17, 15) is 9.90 Å². The van der Waals surface area contributed by atoms with Crippen molar-refractivity contribution in [3.63, 3.8) is 0 Å². The Hall–Kier alpha value is -3.22. The largest absolute Gasteiger partial charge is 0.391 e. The summed E-state index contributed by atoms with van der Waals surface area (Å²) in [7, 11) is 0. The summed E-state index contributed by atoms with van der Waals surface area (Å²) in [4.78, 5) is 27.0. The van der Waals surface area contributed by atoms with Crippen LogP contribution in [0.4, 0.5) is 0 Å². The van der Waals surface area contributed by atoms with Crippen LogP contribution < -0.4 is 0 Å². The van der Waals surface area contributed by atoms with Gasteiger partial charge in [0, 0.05) is 59.1 Å². The quantitative estimate of drug-likeness (QED) is 0.511. The zero-order valence-corrected chi connectivity index (χ0v) is 17.5. The molecule has 1 saturated heterocycles. The second kappa shape index (κ2) is 8.13. The molecule has 4 aromatic rings. The van der Waals surface area contributed by atoms with Crippen LogP contribution in [0.3, 0.4) is 0 Å². The van der Waals surface area contributed by atoms with Gasteiger partial charge < -0.3 is 15.0 Å². The Morgan fingerprint density at radius 2 is 2.00 bits per heavy atom. The van der Waals surface area contributed by atoms with Gasteiger partial charge in [-0.25, -0.2) is 0 Å². The van der Waals surface area contributed by atoms with Crippen LogP contribution in [0, 0.1) is 5.92 Å². The predicted octanol–water partition coefficient (Wildman–Crippen LogP) is 3.95. The van der Waals surface area contributed by atoms with Crippen LogP contribution in [0.2, 0.25) is 5.02 Å². The van der Waals surface area contributed by atoms with Gasteiger partial charge in [0.2, 0.25) is 0 Å². The van der Waals surface area contributed by atoms with Crippen molar-refractivity contribution in [2.45, 2.75) is 12.5 Å². The van der Waals surface area contributed by atoms with Crippen molar-refractivity contribution in [3.05, 3.63) is 83.5 Å². The number of nitrogens with one attached hydrogen (secondary N) is 1. The number of likely N-dealkylation sites (tertiary alicyclic amines) is 1. The summed E-state index contributed by atoms with van der Waals surface area (Å²) in [5.74, 6) is -0.216. The van der Waals surface area contributed by atoms with Crippen LogP contribution in [0.15, 0.2) is 67.1 Å². The molecule has 5 rings (SSSR count). The summed E-state index contributed by atoms with van der Waals surface area (Å²) >= 11 is 6.26. The average molecular weight is 433 g/mol. The Kier molecular flexibility index (Phi) is 5.18. The van der Waals surface area contributed by atoms with Crippen molar-refractivity contribution in [2.24, 2.45) is 5.92 Å². The molecule has 7 heteroatoms. The van der Waals surface area contributed by atoms with Gasteiger partial charge in [-0.1, -0.05) is 41.9 Å². The van der Waals surface area contributed by atoms with Crippen LogP contribution in [0.25, 0.3) is 22.0 Å². The number of carbonyl (C=O) groups excluding carboxylic acids is 1. The van der Waals surface area contributed by atoms with E-state index in [4.69, 9.17) is 11.6 Å². The molecule has 31 heavy (non-hydrogen) atoms. The highest BCUT2D eigenvalue weighted by atomic mass is 35.5. The molecule has 0 aliphatic carbocycles. The number of carbonyl (C=O) groups is 1. The summed E-state index contributed by atoms with van der Waals surface area (Å²) in [6, 6.07) is 15.4. The van der Waals surface area contributed by atoms with E-state index in [-0.39, 0.29) is 18.4 Å². The number of β-amino-alcohol motifs (C(OH)–C–C–N with tert-alkyl or cyclic N) is 1. The first-order valence-corrected chi connectivity index (χ1v) is 10.6. The zero-order chi connectivity index (χ0) is 21.4. The van der Waals surface area contributed by atoms with Crippen LogP contribution in [0.5, 0.6) is 0 Å². The number of aliphatic hydroxyl groups is 1. The molecule has 1 aliphatic rings. The molecule has 1 fully saturated rings. The van der Waals surface area contributed by atoms with Gasteiger partial charge >= 0.3 is 0 Å². The van der Waals surface area contributed by atoms with E-state index in [2.05, 4.69) is 15.0 Å². The first-order chi connectivity index (χ1) is 15.1. The molecule has 0 spiro atoms. The van der Waals surface area contributed by atoms with Crippen molar-refractivity contribution < 1.29 is 9.90 Å². The summed E-state index contributed by atoms with van der Waals surface area (Å²) in [5, 5.41) is 12.1. The number of amides is 1. The van der Waals surface area contributed by atoms with Crippen molar-refractivity contribution in [3.8, 4) is 11.1 Å². The summed E-state index contributed by atoms with van der Waals surface area (Å²) < 4.78 is 0. The fraction of sp³-hybridized carbons (Fsp3) is 0.208. The van der Waals surface area contributed by atoms with Crippen molar-refractivity contribution in [1.29, 1.82) is 0 Å². The maximum absolute atomic E-state index is 13.6. The maximum Gasteiger partial charge on any atom is 0.271 e. The number of hydrogen-bond donors (Lipinski definition) is 2. The smallest absolute Gasteiger partial charge is 0.271 e. The van der Waals surface area contributed by atoms with E-state index in [0.29, 0.717) is 23.7 Å². The third-order valence-corrected chi connectivity index (χ3v) is 6.05. The molecule has 2 aromatic carbocycles. The lowest BCUT2D eigenvalue weighted by Crippen LogP contribution is -2.30. The van der Waals surface area contributed by atoms with Gasteiger partial charge in [-0.3, -0.25) is 14.8 Å². The van der Waals surface area contributed by atoms with Crippen LogP contribution >= 0.6 is 11.6 Å². The van der Waals surface area contributed by atoms with Crippen LogP contribution in [-0.2, 0) is 6.42 Å². The van der Waals surface area contributed by atoms with Crippen LogP contribution in [0.1, 0.15) is 16.2 Å². The highest BCUT2D eigenvalue weighted by molar-refractivity contribution is 6.31. The SMILES string of the molecule is O=C(c1[nH]c2ccc(Cl)cc2c1-c1ccccc1)N1C[C@@H](Cc2cnccn2)[C@H](O)C1. The number of rotatable bonds is 4. The highest BCUT2D eigenvalue weighted by Crippen LogP contribution is 2.35. The number of aliphatic hydroxyl groups excluding tert-OH is 1. The zero-order valence-electron chi connectivity index (χ0n) is 16.7. The predicted molar refractivity (Wildman–Crippen MR) is 120 cm³/mol. The van der Waals surface area contributed by atoms with Gasteiger partial charge in [-0.2, -0.15) is 0 Å². The van der Waals surface area contributed by atoms with E-state index in [1.54, 1.807) is 29.6 Å². The van der Waals surface area contributed by atoms with Gasteiger partial charge in [0.25, 0.3) is 5.91 Å². The monoisotopic (exact) mass is 432 g/mol. The fourth-order valence-electron chi connectivity index (χ4n) is 4.31. The summed E-state index contributed by atoms with van der Waals surface area (Å²) in [5.41, 5.74) is 3.94. The second-order valence-electron chi connectivity index (χ2n) is 7.87. The lowest BCUT2D eigenvalue weighted by atomic mass is 10.0. The molecule has 2 N–H and O–H groups in total. The molecule has 0 saturated carbocycles. The minimum atomic E-state index is -0.607. The molecule has 156 valence electrons. The van der Waals surface area contributed by atoms with E-state index in [1.807, 2.05) is 42.5 Å². The van der Waals surface area contributed by atoms with Crippen LogP contribution in [-0.4, -0.2) is 50.1 Å². The second-order valence-corrected chi connectivity index (χ2v) is 8.31. The average Bonchev–Trinajstić information content (AvgIpc) is 3.35. The molecule has 3 heterocycles. The minimum Gasteiger partial charge on any atom is -0.391 e. The molecule has 0 unspecified atom stereocenters. The Morgan fingerprint density at radius 3 is 2.77 bits per heavy atom. The van der Waals surface area contributed by atoms with Crippen molar-refractivity contribution in [2.75, 3.05) is 13.1 Å². The molecule has 2 atom stereocenters. The molecule has 1 aliphatic heterocycles. The first-order valence-electron chi connectivity index (χ1n) is 10.2. The van der Waals surface area contributed by atoms with Gasteiger partial charge in [0.15, 0.2) is 0 Å². The third kappa shape index (κ3) is 3.80. The molecular formula is C24H21ClN4O2. The van der Waals surface area contributed by atoms with E-state index in [0.717, 1.165) is 27.7 Å². The van der Waals surface area contributed by atoms with Gasteiger partial charge in [0.05, 0.1) is 11.8 Å². The number of halogens is 1. The first kappa shape index (κ1) is 19.7. The number of benzene rings is 2. The number of fused-ring (bicyclic) bond motifs is 1. The Bertz CT molecular complexity index is 1230. The molecule has 6 nitrogen and oxygen atoms in total. The Labute approximate surface area is 184 Å². The molecule has 0 bridgehead atoms. The summed E-state index contributed by atoms with van der Waals surface area (Å²) in [6.45, 7) is 0.745. The standard InChI is InChI=1S/C24H21ClN4O2/c25-17-6-7-20-19(11-17)22(15-4-2-1-3-5-15)23(28-20)24(31)29-13-16(21(30)14-29)10-18-12-26-8-9-27-18/h1-9,11-12,16,21,28,30H,10,13-14H2/t16-,21-/m1/s1. The van der Waals surface area contributed by atoms with Gasteiger partial charge in [-0.05, 0) is 30.2 Å². The lowest BCUT2D eigenvalue weighted by molar-refractivity contribution is 0.0760. The van der Waals surface area contributed by atoms with Gasteiger partial charge in [-0.15, -0.1) is 0 Å². The number of H-pyrrole nitrogens is 1. The third-order valence-electron chi connectivity index (χ3n) is 5.82. The van der Waals surface area contributed by atoms with E-state index in [1.165, 1.54) is 0 Å². The van der Waals surface area contributed by atoms with E-state index >= 15 is 0 Å². The Morgan fingerprint density at radius 1 is 1.16 bits per heavy atom. The Balaban J connectivity index is 1.49. The molecular weight excluding hydrogens is 412 g/mol. The highest BCUT2D eigenvalue weighted by Gasteiger charge is 2.36. The topological polar surface area (TPSA) is 82.1 Å². The lowest BCUT2D eigenvalue weighted by Gasteiger charge is -2.16. The number of aromatic nitrogens is 3. The van der Waals surface area contributed by atoms with E-state index < -0.39 is 6.10 Å².